The van der Waals surface area contributed by atoms with Gasteiger partial charge in [-0.2, -0.15) is 17.9 Å². The van der Waals surface area contributed by atoms with E-state index in [0.29, 0.717) is 12.2 Å². The van der Waals surface area contributed by atoms with E-state index in [0.717, 1.165) is 17.1 Å². The minimum absolute atomic E-state index is 0.0399. The molecule has 0 aliphatic rings. The van der Waals surface area contributed by atoms with E-state index in [1.807, 2.05) is 13.0 Å². The second-order valence-electron chi connectivity index (χ2n) is 4.70. The lowest BCUT2D eigenvalue weighted by Gasteiger charge is -2.22. The molecule has 0 heterocycles. The van der Waals surface area contributed by atoms with E-state index in [-0.39, 0.29) is 5.41 Å². The molecule has 0 aromatic heterocycles. The van der Waals surface area contributed by atoms with E-state index in [2.05, 4.69) is 32.5 Å². The fourth-order valence-electron chi connectivity index (χ4n) is 1.14. The second kappa shape index (κ2) is 5.27. The van der Waals surface area contributed by atoms with Crippen LogP contribution in [-0.2, 0) is 0 Å². The summed E-state index contributed by atoms with van der Waals surface area (Å²) in [6, 6.07) is 7.59. The molecule has 0 saturated heterocycles. The van der Waals surface area contributed by atoms with Crippen molar-refractivity contribution in [2.24, 2.45) is 5.41 Å². The molecule has 0 aliphatic heterocycles. The highest BCUT2D eigenvalue weighted by Crippen LogP contribution is 2.23. The average molecular weight is 235 g/mol. The Balaban J connectivity index is 2.78. The molecule has 0 unspecified atom stereocenters. The molecule has 0 atom stereocenters. The second-order valence-corrected chi connectivity index (χ2v) is 5.02. The number of ether oxygens (including phenoxy) is 1. The fraction of sp³-hybridized carbons (Fsp3) is 0.462. The SMILES string of the molecule is Cc1ccc(C#N)cc1OCC(C)(C)CS. The van der Waals surface area contributed by atoms with Gasteiger partial charge in [-0.3, -0.25) is 0 Å². The Kier molecular flexibility index (Phi) is 4.26. The summed E-state index contributed by atoms with van der Waals surface area (Å²) in [4.78, 5) is 0. The maximum absolute atomic E-state index is 8.81. The van der Waals surface area contributed by atoms with Gasteiger partial charge >= 0.3 is 0 Å². The summed E-state index contributed by atoms with van der Waals surface area (Å²) in [5, 5.41) is 8.81. The van der Waals surface area contributed by atoms with Crippen LogP contribution in [0.25, 0.3) is 0 Å². The van der Waals surface area contributed by atoms with E-state index in [9.17, 15) is 0 Å². The van der Waals surface area contributed by atoms with Gasteiger partial charge < -0.3 is 4.74 Å². The Morgan fingerprint density at radius 3 is 2.69 bits per heavy atom. The van der Waals surface area contributed by atoms with Crippen LogP contribution in [0.4, 0.5) is 0 Å². The van der Waals surface area contributed by atoms with Crippen molar-refractivity contribution in [2.45, 2.75) is 20.8 Å². The molecule has 3 heteroatoms. The first kappa shape index (κ1) is 12.9. The van der Waals surface area contributed by atoms with Crippen LogP contribution in [0.3, 0.4) is 0 Å². The molecule has 86 valence electrons. The smallest absolute Gasteiger partial charge is 0.123 e. The minimum Gasteiger partial charge on any atom is -0.493 e. The highest BCUT2D eigenvalue weighted by molar-refractivity contribution is 7.80. The number of nitriles is 1. The molecule has 1 rings (SSSR count). The highest BCUT2D eigenvalue weighted by Gasteiger charge is 2.17. The van der Waals surface area contributed by atoms with Crippen LogP contribution in [0.2, 0.25) is 0 Å². The van der Waals surface area contributed by atoms with Crippen LogP contribution in [0, 0.1) is 23.7 Å². The first-order chi connectivity index (χ1) is 7.48. The van der Waals surface area contributed by atoms with E-state index in [4.69, 9.17) is 10.00 Å². The van der Waals surface area contributed by atoms with Crippen molar-refractivity contribution in [3.05, 3.63) is 29.3 Å². The van der Waals surface area contributed by atoms with Gasteiger partial charge in [0.15, 0.2) is 0 Å². The summed E-state index contributed by atoms with van der Waals surface area (Å²) in [5.41, 5.74) is 1.72. The number of aryl methyl sites for hydroxylation is 1. The van der Waals surface area contributed by atoms with Crippen LogP contribution < -0.4 is 4.74 Å². The van der Waals surface area contributed by atoms with Crippen LogP contribution in [0.1, 0.15) is 25.0 Å². The lowest BCUT2D eigenvalue weighted by atomic mass is 9.98. The van der Waals surface area contributed by atoms with Gasteiger partial charge in [0.1, 0.15) is 5.75 Å². The molecule has 0 radical (unpaired) electrons. The van der Waals surface area contributed by atoms with Gasteiger partial charge in [-0.05, 0) is 30.4 Å². The molecule has 0 amide bonds. The van der Waals surface area contributed by atoms with Crippen LogP contribution in [0.15, 0.2) is 18.2 Å². The van der Waals surface area contributed by atoms with Gasteiger partial charge in [-0.25, -0.2) is 0 Å². The normalized spacial score (nSPS) is 10.9. The molecule has 0 N–H and O–H groups in total. The van der Waals surface area contributed by atoms with Gasteiger partial charge in [0.2, 0.25) is 0 Å². The average Bonchev–Trinajstić information content (AvgIpc) is 2.28. The van der Waals surface area contributed by atoms with Gasteiger partial charge in [-0.15, -0.1) is 0 Å². The highest BCUT2D eigenvalue weighted by atomic mass is 32.1. The third-order valence-corrected chi connectivity index (χ3v) is 3.22. The third kappa shape index (κ3) is 3.46. The van der Waals surface area contributed by atoms with Crippen molar-refractivity contribution in [1.29, 1.82) is 5.26 Å². The maximum atomic E-state index is 8.81. The quantitative estimate of drug-likeness (QED) is 0.813. The largest absolute Gasteiger partial charge is 0.493 e. The Labute approximate surface area is 103 Å². The summed E-state index contributed by atoms with van der Waals surface area (Å²) in [6.07, 6.45) is 0. The Bertz CT molecular complexity index is 407. The summed E-state index contributed by atoms with van der Waals surface area (Å²) in [5.74, 6) is 1.55. The van der Waals surface area contributed by atoms with Crippen molar-refractivity contribution in [2.75, 3.05) is 12.4 Å². The number of thiol groups is 1. The zero-order valence-electron chi connectivity index (χ0n) is 9.95. The van der Waals surface area contributed by atoms with E-state index >= 15 is 0 Å². The van der Waals surface area contributed by atoms with Gasteiger partial charge in [0, 0.05) is 5.41 Å². The summed E-state index contributed by atoms with van der Waals surface area (Å²) < 4.78 is 5.73. The predicted octanol–water partition coefficient (Wildman–Crippen LogP) is 3.20. The van der Waals surface area contributed by atoms with Crippen LogP contribution in [0.5, 0.6) is 5.75 Å². The number of nitrogens with zero attached hydrogens (tertiary/aromatic N) is 1. The van der Waals surface area contributed by atoms with E-state index in [1.165, 1.54) is 0 Å². The van der Waals surface area contributed by atoms with Gasteiger partial charge in [0.25, 0.3) is 0 Å². The number of hydrogen-bond acceptors (Lipinski definition) is 3. The Hall–Kier alpha value is -1.14. The molecule has 0 saturated carbocycles. The number of benzene rings is 1. The van der Waals surface area contributed by atoms with E-state index in [1.54, 1.807) is 12.1 Å². The van der Waals surface area contributed by atoms with Crippen molar-refractivity contribution >= 4 is 12.6 Å². The Morgan fingerprint density at radius 2 is 2.12 bits per heavy atom. The Morgan fingerprint density at radius 1 is 1.44 bits per heavy atom. The monoisotopic (exact) mass is 235 g/mol. The standard InChI is InChI=1S/C13H17NOS/c1-10-4-5-11(7-14)6-12(10)15-8-13(2,3)9-16/h4-6,16H,8-9H2,1-3H3. The minimum atomic E-state index is 0.0399. The van der Waals surface area contributed by atoms with Crippen molar-refractivity contribution < 1.29 is 4.74 Å². The molecule has 1 aromatic rings. The van der Waals surface area contributed by atoms with Crippen LogP contribution >= 0.6 is 12.6 Å². The van der Waals surface area contributed by atoms with Crippen molar-refractivity contribution in [3.8, 4) is 11.8 Å². The zero-order chi connectivity index (χ0) is 12.2. The summed E-state index contributed by atoms with van der Waals surface area (Å²) in [7, 11) is 0. The summed E-state index contributed by atoms with van der Waals surface area (Å²) in [6.45, 7) is 6.78. The lowest BCUT2D eigenvalue weighted by Crippen LogP contribution is -2.23. The molecule has 0 aliphatic carbocycles. The fourth-order valence-corrected chi connectivity index (χ4v) is 1.24. The predicted molar refractivity (Wildman–Crippen MR) is 69.0 cm³/mol. The first-order valence-electron chi connectivity index (χ1n) is 5.23. The maximum Gasteiger partial charge on any atom is 0.123 e. The van der Waals surface area contributed by atoms with E-state index < -0.39 is 0 Å². The van der Waals surface area contributed by atoms with Gasteiger partial charge in [-0.1, -0.05) is 19.9 Å². The first-order valence-corrected chi connectivity index (χ1v) is 5.86. The zero-order valence-corrected chi connectivity index (χ0v) is 10.8. The topological polar surface area (TPSA) is 33.0 Å². The molecule has 0 bridgehead atoms. The molecule has 16 heavy (non-hydrogen) atoms. The summed E-state index contributed by atoms with van der Waals surface area (Å²) >= 11 is 4.28. The molecule has 0 fully saturated rings. The third-order valence-electron chi connectivity index (χ3n) is 2.36. The molecular weight excluding hydrogens is 218 g/mol. The molecule has 1 aromatic carbocycles. The number of rotatable bonds is 4. The molecule has 2 nitrogen and oxygen atoms in total. The van der Waals surface area contributed by atoms with Crippen molar-refractivity contribution in [3.63, 3.8) is 0 Å². The molecular formula is C13H17NOS. The lowest BCUT2D eigenvalue weighted by molar-refractivity contribution is 0.201. The van der Waals surface area contributed by atoms with Crippen molar-refractivity contribution in [1.82, 2.24) is 0 Å². The molecule has 0 spiro atoms. The van der Waals surface area contributed by atoms with Crippen LogP contribution in [-0.4, -0.2) is 12.4 Å². The van der Waals surface area contributed by atoms with Gasteiger partial charge in [0.05, 0.1) is 18.2 Å². The number of hydrogen-bond donors (Lipinski definition) is 1.